The topological polar surface area (TPSA) is 86.7 Å². The van der Waals surface area contributed by atoms with Gasteiger partial charge in [0.15, 0.2) is 0 Å². The van der Waals surface area contributed by atoms with Gasteiger partial charge in [-0.2, -0.15) is 8.42 Å². The highest BCUT2D eigenvalue weighted by Gasteiger charge is 2.24. The number of nitrogens with one attached hydrogen (secondary N) is 1. The second-order valence-electron chi connectivity index (χ2n) is 4.91. The first-order chi connectivity index (χ1) is 10.5. The summed E-state index contributed by atoms with van der Waals surface area (Å²) < 4.78 is 32.6. The van der Waals surface area contributed by atoms with Gasteiger partial charge in [0.2, 0.25) is 0 Å². The summed E-state index contributed by atoms with van der Waals surface area (Å²) in [5, 5.41) is 2.69. The smallest absolute Gasteiger partial charge is 0.321 e. The van der Waals surface area contributed by atoms with Gasteiger partial charge in [0.1, 0.15) is 4.90 Å². The number of carbonyl (C=O) groups excluding carboxylic acids is 1. The number of urea groups is 1. The van der Waals surface area contributed by atoms with Crippen molar-refractivity contribution in [1.29, 1.82) is 0 Å². The van der Waals surface area contributed by atoms with Gasteiger partial charge in [0.25, 0.3) is 10.1 Å². The van der Waals surface area contributed by atoms with Crippen molar-refractivity contribution in [2.75, 3.05) is 18.0 Å². The van der Waals surface area contributed by atoms with Crippen LogP contribution in [0.4, 0.5) is 10.5 Å². The summed E-state index contributed by atoms with van der Waals surface area (Å²) in [7, 11) is -4.35. The Morgan fingerprint density at radius 2 is 1.82 bits per heavy atom. The third kappa shape index (κ3) is 2.68. The number of carbonyl (C=O) groups is 1. The van der Waals surface area contributed by atoms with E-state index < -0.39 is 10.1 Å². The Labute approximate surface area is 128 Å². The van der Waals surface area contributed by atoms with Crippen LogP contribution in [0.5, 0.6) is 0 Å². The van der Waals surface area contributed by atoms with E-state index >= 15 is 0 Å². The van der Waals surface area contributed by atoms with Gasteiger partial charge < -0.3 is 5.32 Å². The highest BCUT2D eigenvalue weighted by atomic mass is 32.2. The van der Waals surface area contributed by atoms with Gasteiger partial charge in [-0.15, -0.1) is 0 Å². The fraction of sp³-hybridized carbons (Fsp3) is 0.133. The molecule has 0 unspecified atom stereocenters. The number of hydrogen-bond acceptors (Lipinski definition) is 3. The molecule has 2 aromatic carbocycles. The molecule has 2 N–H and O–H groups in total. The van der Waals surface area contributed by atoms with Crippen LogP contribution in [-0.2, 0) is 10.1 Å². The third-order valence-corrected chi connectivity index (χ3v) is 4.41. The Hall–Kier alpha value is -2.38. The van der Waals surface area contributed by atoms with E-state index in [1.807, 2.05) is 6.07 Å². The van der Waals surface area contributed by atoms with E-state index in [4.69, 9.17) is 0 Å². The first-order valence-electron chi connectivity index (χ1n) is 6.69. The van der Waals surface area contributed by atoms with Crippen LogP contribution in [0.15, 0.2) is 53.4 Å². The van der Waals surface area contributed by atoms with Crippen LogP contribution in [0.3, 0.4) is 0 Å². The lowest BCUT2D eigenvalue weighted by Crippen LogP contribution is -2.27. The van der Waals surface area contributed by atoms with Gasteiger partial charge in [-0.3, -0.25) is 9.45 Å². The van der Waals surface area contributed by atoms with E-state index in [2.05, 4.69) is 5.32 Å². The lowest BCUT2D eigenvalue weighted by Gasteiger charge is -2.17. The first kappa shape index (κ1) is 14.6. The number of anilines is 1. The minimum Gasteiger partial charge on any atom is -0.336 e. The van der Waals surface area contributed by atoms with Crippen LogP contribution in [0.1, 0.15) is 0 Å². The second-order valence-corrected chi connectivity index (χ2v) is 6.30. The van der Waals surface area contributed by atoms with E-state index in [9.17, 15) is 17.8 Å². The van der Waals surface area contributed by atoms with Crippen molar-refractivity contribution in [3.63, 3.8) is 0 Å². The van der Waals surface area contributed by atoms with Crippen molar-refractivity contribution in [2.24, 2.45) is 0 Å². The molecule has 1 heterocycles. The summed E-state index contributed by atoms with van der Waals surface area (Å²) in [5.41, 5.74) is 1.60. The van der Waals surface area contributed by atoms with Crippen LogP contribution >= 0.6 is 0 Å². The summed E-state index contributed by atoms with van der Waals surface area (Å²) in [6.07, 6.45) is 0. The predicted octanol–water partition coefficient (Wildman–Crippen LogP) is 2.13. The van der Waals surface area contributed by atoms with Crippen LogP contribution in [0.2, 0.25) is 0 Å². The molecule has 0 atom stereocenters. The average Bonchev–Trinajstić information content (AvgIpc) is 2.93. The van der Waals surface area contributed by atoms with Crippen LogP contribution in [-0.4, -0.2) is 32.1 Å². The molecular formula is C15H14N2O4S. The molecule has 0 aromatic heterocycles. The molecule has 1 fully saturated rings. The molecule has 3 rings (SSSR count). The molecule has 1 saturated heterocycles. The standard InChI is InChI=1S/C15H14N2O4S/c18-15-16-8-9-17(15)12-6-7-14(22(19,20)21)13(10-12)11-4-2-1-3-5-11/h1-7,10H,8-9H2,(H,16,18)(H,19,20,21). The molecule has 1 aliphatic heterocycles. The van der Waals surface area contributed by atoms with Crippen LogP contribution < -0.4 is 10.2 Å². The zero-order valence-corrected chi connectivity index (χ0v) is 12.4. The summed E-state index contributed by atoms with van der Waals surface area (Å²) in [6.45, 7) is 1.05. The van der Waals surface area contributed by atoms with Crippen molar-refractivity contribution >= 4 is 21.8 Å². The summed E-state index contributed by atoms with van der Waals surface area (Å²) in [6, 6.07) is 13.1. The number of nitrogens with zero attached hydrogens (tertiary/aromatic N) is 1. The summed E-state index contributed by atoms with van der Waals surface area (Å²) >= 11 is 0. The molecule has 0 saturated carbocycles. The molecule has 2 amide bonds. The summed E-state index contributed by atoms with van der Waals surface area (Å²) in [4.78, 5) is 13.1. The number of amides is 2. The first-order valence-corrected chi connectivity index (χ1v) is 8.13. The van der Waals surface area contributed by atoms with Crippen molar-refractivity contribution < 1.29 is 17.8 Å². The van der Waals surface area contributed by atoms with Gasteiger partial charge in [-0.1, -0.05) is 30.3 Å². The largest absolute Gasteiger partial charge is 0.336 e. The maximum absolute atomic E-state index is 11.8. The molecule has 0 bridgehead atoms. The Bertz CT molecular complexity index is 819. The summed E-state index contributed by atoms with van der Waals surface area (Å²) in [5.74, 6) is 0. The Balaban J connectivity index is 2.17. The zero-order valence-electron chi connectivity index (χ0n) is 11.6. The van der Waals surface area contributed by atoms with Crippen molar-refractivity contribution in [3.8, 4) is 11.1 Å². The molecule has 0 spiro atoms. The van der Waals surface area contributed by atoms with E-state index in [1.165, 1.54) is 17.0 Å². The number of hydrogen-bond donors (Lipinski definition) is 2. The fourth-order valence-electron chi connectivity index (χ4n) is 2.47. The molecule has 0 aliphatic carbocycles. The van der Waals surface area contributed by atoms with Gasteiger partial charge >= 0.3 is 6.03 Å². The van der Waals surface area contributed by atoms with Gasteiger partial charge in [-0.25, -0.2) is 4.79 Å². The molecular weight excluding hydrogens is 304 g/mol. The monoisotopic (exact) mass is 318 g/mol. The normalized spacial score (nSPS) is 15.0. The zero-order chi connectivity index (χ0) is 15.7. The van der Waals surface area contributed by atoms with Crippen molar-refractivity contribution in [3.05, 3.63) is 48.5 Å². The SMILES string of the molecule is O=C1NCCN1c1ccc(S(=O)(=O)O)c(-c2ccccc2)c1. The molecule has 2 aromatic rings. The van der Waals surface area contributed by atoms with Crippen LogP contribution in [0.25, 0.3) is 11.1 Å². The Kier molecular flexibility index (Phi) is 3.59. The van der Waals surface area contributed by atoms with Gasteiger partial charge in [0, 0.05) is 24.3 Å². The van der Waals surface area contributed by atoms with E-state index in [1.54, 1.807) is 30.3 Å². The molecule has 7 heteroatoms. The van der Waals surface area contributed by atoms with Crippen molar-refractivity contribution in [1.82, 2.24) is 5.32 Å². The van der Waals surface area contributed by atoms with E-state index in [-0.39, 0.29) is 10.9 Å². The number of benzene rings is 2. The van der Waals surface area contributed by atoms with Crippen molar-refractivity contribution in [2.45, 2.75) is 4.90 Å². The van der Waals surface area contributed by atoms with Crippen LogP contribution in [0, 0.1) is 0 Å². The highest BCUT2D eigenvalue weighted by Crippen LogP contribution is 2.31. The highest BCUT2D eigenvalue weighted by molar-refractivity contribution is 7.86. The van der Waals surface area contributed by atoms with Gasteiger partial charge in [-0.05, 0) is 23.8 Å². The quantitative estimate of drug-likeness (QED) is 0.849. The molecule has 22 heavy (non-hydrogen) atoms. The maximum atomic E-state index is 11.8. The Morgan fingerprint density at radius 1 is 1.09 bits per heavy atom. The average molecular weight is 318 g/mol. The second kappa shape index (κ2) is 5.43. The number of rotatable bonds is 3. The predicted molar refractivity (Wildman–Crippen MR) is 82.4 cm³/mol. The molecule has 1 aliphatic rings. The van der Waals surface area contributed by atoms with Gasteiger partial charge in [0.05, 0.1) is 0 Å². The molecule has 0 radical (unpaired) electrons. The molecule has 6 nitrogen and oxygen atoms in total. The lowest BCUT2D eigenvalue weighted by molar-refractivity contribution is 0.252. The van der Waals surface area contributed by atoms with E-state index in [0.717, 1.165) is 0 Å². The van der Waals surface area contributed by atoms with E-state index in [0.29, 0.717) is 29.9 Å². The lowest BCUT2D eigenvalue weighted by atomic mass is 10.0. The minimum atomic E-state index is -4.35. The third-order valence-electron chi connectivity index (χ3n) is 3.49. The maximum Gasteiger partial charge on any atom is 0.321 e. The minimum absolute atomic E-state index is 0.179. The fourth-order valence-corrected chi connectivity index (χ4v) is 3.17. The molecule has 114 valence electrons. The Morgan fingerprint density at radius 3 is 2.41 bits per heavy atom.